The quantitative estimate of drug-likeness (QED) is 0.613. The molecule has 26 heavy (non-hydrogen) atoms. The van der Waals surface area contributed by atoms with Crippen LogP contribution in [0.25, 0.3) is 11.5 Å². The fraction of sp³-hybridized carbons (Fsp3) is 0.167. The van der Waals surface area contributed by atoms with Crippen molar-refractivity contribution >= 4 is 23.4 Å². The third kappa shape index (κ3) is 4.76. The van der Waals surface area contributed by atoms with Gasteiger partial charge in [0.05, 0.1) is 12.4 Å². The SMILES string of the molecule is CCOc1ccc(-c2nnc(SCC(=O)Nc3cccc(O)c3)o2)cc1. The van der Waals surface area contributed by atoms with Gasteiger partial charge >= 0.3 is 0 Å². The van der Waals surface area contributed by atoms with Crippen LogP contribution in [-0.2, 0) is 4.79 Å². The van der Waals surface area contributed by atoms with Crippen LogP contribution in [0.1, 0.15) is 6.92 Å². The maximum Gasteiger partial charge on any atom is 0.277 e. The molecule has 0 aliphatic rings. The Balaban J connectivity index is 1.55. The van der Waals surface area contributed by atoms with Gasteiger partial charge in [0, 0.05) is 17.3 Å². The molecule has 0 saturated heterocycles. The molecule has 3 aromatic rings. The van der Waals surface area contributed by atoms with E-state index < -0.39 is 0 Å². The Bertz CT molecular complexity index is 880. The van der Waals surface area contributed by atoms with Crippen molar-refractivity contribution in [2.75, 3.05) is 17.7 Å². The molecule has 0 bridgehead atoms. The number of nitrogens with zero attached hydrogens (tertiary/aromatic N) is 2. The van der Waals surface area contributed by atoms with Gasteiger partial charge in [0.1, 0.15) is 11.5 Å². The number of hydrogen-bond acceptors (Lipinski definition) is 7. The molecular formula is C18H17N3O4S. The van der Waals surface area contributed by atoms with Crippen LogP contribution in [0.5, 0.6) is 11.5 Å². The van der Waals surface area contributed by atoms with Gasteiger partial charge in [-0.2, -0.15) is 0 Å². The Kier molecular flexibility index (Phi) is 5.75. The zero-order valence-corrected chi connectivity index (χ0v) is 14.8. The van der Waals surface area contributed by atoms with Gasteiger partial charge in [0.15, 0.2) is 0 Å². The number of rotatable bonds is 7. The fourth-order valence-corrected chi connectivity index (χ4v) is 2.72. The van der Waals surface area contributed by atoms with E-state index in [-0.39, 0.29) is 17.4 Å². The van der Waals surface area contributed by atoms with E-state index >= 15 is 0 Å². The number of nitrogens with one attached hydrogen (secondary N) is 1. The maximum absolute atomic E-state index is 12.0. The van der Waals surface area contributed by atoms with Crippen LogP contribution in [0, 0.1) is 0 Å². The first-order chi connectivity index (χ1) is 12.6. The van der Waals surface area contributed by atoms with Crippen LogP contribution < -0.4 is 10.1 Å². The van der Waals surface area contributed by atoms with Crippen molar-refractivity contribution in [1.29, 1.82) is 0 Å². The van der Waals surface area contributed by atoms with E-state index in [0.717, 1.165) is 23.1 Å². The number of amides is 1. The third-order valence-corrected chi connectivity index (χ3v) is 4.09. The van der Waals surface area contributed by atoms with E-state index in [1.165, 1.54) is 12.1 Å². The van der Waals surface area contributed by atoms with Crippen molar-refractivity contribution in [1.82, 2.24) is 10.2 Å². The highest BCUT2D eigenvalue weighted by Gasteiger charge is 2.11. The van der Waals surface area contributed by atoms with Crippen molar-refractivity contribution in [2.45, 2.75) is 12.1 Å². The number of aromatic nitrogens is 2. The summed E-state index contributed by atoms with van der Waals surface area (Å²) in [5.41, 5.74) is 1.30. The second kappa shape index (κ2) is 8.39. The molecule has 8 heteroatoms. The highest BCUT2D eigenvalue weighted by Crippen LogP contribution is 2.25. The molecule has 0 unspecified atom stereocenters. The Morgan fingerprint density at radius 1 is 1.23 bits per heavy atom. The van der Waals surface area contributed by atoms with Crippen molar-refractivity contribution < 1.29 is 19.1 Å². The van der Waals surface area contributed by atoms with E-state index in [0.29, 0.717) is 23.4 Å². The predicted octanol–water partition coefficient (Wildman–Crippen LogP) is 3.57. The summed E-state index contributed by atoms with van der Waals surface area (Å²) in [5, 5.41) is 20.3. The second-order valence-electron chi connectivity index (χ2n) is 5.22. The van der Waals surface area contributed by atoms with Gasteiger partial charge in [0.25, 0.3) is 5.22 Å². The van der Waals surface area contributed by atoms with Crippen LogP contribution in [0.2, 0.25) is 0 Å². The fourth-order valence-electron chi connectivity index (χ4n) is 2.15. The lowest BCUT2D eigenvalue weighted by Crippen LogP contribution is -2.13. The summed E-state index contributed by atoms with van der Waals surface area (Å²) in [6, 6.07) is 13.7. The number of carbonyl (C=O) groups excluding carboxylic acids is 1. The second-order valence-corrected chi connectivity index (χ2v) is 6.14. The number of carbonyl (C=O) groups is 1. The van der Waals surface area contributed by atoms with Crippen molar-refractivity contribution in [3.8, 4) is 23.0 Å². The minimum absolute atomic E-state index is 0.0901. The standard InChI is InChI=1S/C18H17N3O4S/c1-2-24-15-8-6-12(7-9-15)17-20-21-18(25-17)26-11-16(23)19-13-4-3-5-14(22)10-13/h3-10,22H,2,11H2,1H3,(H,19,23). The molecule has 1 amide bonds. The van der Waals surface area contributed by atoms with Crippen LogP contribution in [0.15, 0.2) is 58.2 Å². The Morgan fingerprint density at radius 2 is 2.04 bits per heavy atom. The highest BCUT2D eigenvalue weighted by molar-refractivity contribution is 7.99. The summed E-state index contributed by atoms with van der Waals surface area (Å²) in [7, 11) is 0. The largest absolute Gasteiger partial charge is 0.508 e. The van der Waals surface area contributed by atoms with E-state index in [1.54, 1.807) is 12.1 Å². The zero-order chi connectivity index (χ0) is 18.4. The molecule has 1 heterocycles. The van der Waals surface area contributed by atoms with Crippen LogP contribution in [0.4, 0.5) is 5.69 Å². The predicted molar refractivity (Wildman–Crippen MR) is 98.4 cm³/mol. The first kappa shape index (κ1) is 17.8. The van der Waals surface area contributed by atoms with Crippen LogP contribution in [-0.4, -0.2) is 33.6 Å². The molecule has 2 aromatic carbocycles. The molecule has 0 atom stereocenters. The number of ether oxygens (including phenoxy) is 1. The molecule has 0 aliphatic heterocycles. The van der Waals surface area contributed by atoms with Gasteiger partial charge in [-0.3, -0.25) is 4.79 Å². The lowest BCUT2D eigenvalue weighted by molar-refractivity contribution is -0.113. The smallest absolute Gasteiger partial charge is 0.277 e. The Morgan fingerprint density at radius 3 is 2.77 bits per heavy atom. The van der Waals surface area contributed by atoms with Gasteiger partial charge < -0.3 is 19.6 Å². The van der Waals surface area contributed by atoms with Gasteiger partial charge in [-0.15, -0.1) is 10.2 Å². The van der Waals surface area contributed by atoms with Gasteiger partial charge in [-0.1, -0.05) is 17.8 Å². The number of hydrogen-bond donors (Lipinski definition) is 2. The zero-order valence-electron chi connectivity index (χ0n) is 14.0. The van der Waals surface area contributed by atoms with Crippen LogP contribution in [0.3, 0.4) is 0 Å². The lowest BCUT2D eigenvalue weighted by atomic mass is 10.2. The molecule has 7 nitrogen and oxygen atoms in total. The van der Waals surface area contributed by atoms with E-state index in [1.807, 2.05) is 31.2 Å². The molecule has 2 N–H and O–H groups in total. The lowest BCUT2D eigenvalue weighted by Gasteiger charge is -2.04. The summed E-state index contributed by atoms with van der Waals surface area (Å²) < 4.78 is 11.0. The summed E-state index contributed by atoms with van der Waals surface area (Å²) in [5.74, 6) is 1.12. The first-order valence-electron chi connectivity index (χ1n) is 7.92. The first-order valence-corrected chi connectivity index (χ1v) is 8.91. The van der Waals surface area contributed by atoms with E-state index in [2.05, 4.69) is 15.5 Å². The third-order valence-electron chi connectivity index (χ3n) is 3.28. The minimum atomic E-state index is -0.235. The molecule has 134 valence electrons. The van der Waals surface area contributed by atoms with Crippen molar-refractivity contribution in [3.05, 3.63) is 48.5 Å². The van der Waals surface area contributed by atoms with E-state index in [9.17, 15) is 9.90 Å². The minimum Gasteiger partial charge on any atom is -0.508 e. The van der Waals surface area contributed by atoms with Gasteiger partial charge in [-0.25, -0.2) is 0 Å². The molecule has 0 fully saturated rings. The summed E-state index contributed by atoms with van der Waals surface area (Å²) in [6.07, 6.45) is 0. The number of phenolic OH excluding ortho intramolecular Hbond substituents is 1. The molecule has 0 spiro atoms. The monoisotopic (exact) mass is 371 g/mol. The van der Waals surface area contributed by atoms with Crippen molar-refractivity contribution in [3.63, 3.8) is 0 Å². The molecule has 3 rings (SSSR count). The summed E-state index contributed by atoms with van der Waals surface area (Å²) in [6.45, 7) is 2.53. The number of thioether (sulfide) groups is 1. The van der Waals surface area contributed by atoms with E-state index in [4.69, 9.17) is 9.15 Å². The Labute approximate surface area is 154 Å². The summed E-state index contributed by atoms with van der Waals surface area (Å²) >= 11 is 1.14. The molecule has 0 aliphatic carbocycles. The van der Waals surface area contributed by atoms with Crippen LogP contribution >= 0.6 is 11.8 Å². The summed E-state index contributed by atoms with van der Waals surface area (Å²) in [4.78, 5) is 12.0. The molecule has 0 saturated carbocycles. The highest BCUT2D eigenvalue weighted by atomic mass is 32.2. The van der Waals surface area contributed by atoms with Gasteiger partial charge in [0.2, 0.25) is 11.8 Å². The van der Waals surface area contributed by atoms with Gasteiger partial charge in [-0.05, 0) is 43.3 Å². The average Bonchev–Trinajstić information content (AvgIpc) is 3.10. The maximum atomic E-state index is 12.0. The molecule has 1 aromatic heterocycles. The topological polar surface area (TPSA) is 97.5 Å². The molecule has 0 radical (unpaired) electrons. The number of phenols is 1. The number of anilines is 1. The normalized spacial score (nSPS) is 10.5. The number of aromatic hydroxyl groups is 1. The Hall–Kier alpha value is -3.00. The average molecular weight is 371 g/mol. The van der Waals surface area contributed by atoms with Crippen molar-refractivity contribution in [2.24, 2.45) is 0 Å². The number of benzene rings is 2. The molecular weight excluding hydrogens is 354 g/mol.